The summed E-state index contributed by atoms with van der Waals surface area (Å²) in [5, 5.41) is 13.2. The molecule has 0 bridgehead atoms. The van der Waals surface area contributed by atoms with Gasteiger partial charge in [-0.25, -0.2) is 9.59 Å². The number of piperazine rings is 1. The molecular formula is C18H23Cl2IN2O5. The van der Waals surface area contributed by atoms with Crippen molar-refractivity contribution in [3.63, 3.8) is 0 Å². The van der Waals surface area contributed by atoms with Crippen LogP contribution in [0.25, 0.3) is 0 Å². The molecule has 0 unspecified atom stereocenters. The van der Waals surface area contributed by atoms with Crippen molar-refractivity contribution in [3.8, 4) is 0 Å². The first-order valence-corrected chi connectivity index (χ1v) is 10.5. The number of halogens is 3. The molecule has 0 spiro atoms. The number of nitrogens with one attached hydrogen (secondary N) is 1. The molecular weight excluding hydrogens is 522 g/mol. The number of hydrogen-bond donors (Lipinski definition) is 2. The fourth-order valence-electron chi connectivity index (χ4n) is 2.70. The molecule has 1 aromatic carbocycles. The van der Waals surface area contributed by atoms with Gasteiger partial charge in [0.05, 0.1) is 32.4 Å². The lowest BCUT2D eigenvalue weighted by molar-refractivity contribution is 0.0126. The highest BCUT2D eigenvalue weighted by Gasteiger charge is 2.27. The Balaban J connectivity index is 1.97. The third-order valence-corrected chi connectivity index (χ3v) is 6.44. The summed E-state index contributed by atoms with van der Waals surface area (Å²) in [5.74, 6) is -1.12. The summed E-state index contributed by atoms with van der Waals surface area (Å²) >= 11 is 14.3. The van der Waals surface area contributed by atoms with E-state index in [2.05, 4.69) is 5.32 Å². The summed E-state index contributed by atoms with van der Waals surface area (Å²) in [7, 11) is 0. The molecule has 1 fully saturated rings. The molecule has 1 amide bonds. The van der Waals surface area contributed by atoms with Crippen LogP contribution in [0.4, 0.5) is 4.79 Å². The second-order valence-electron chi connectivity index (χ2n) is 7.41. The van der Waals surface area contributed by atoms with Crippen LogP contribution in [0.2, 0.25) is 10.0 Å². The van der Waals surface area contributed by atoms with E-state index in [0.717, 1.165) is 0 Å². The van der Waals surface area contributed by atoms with Crippen molar-refractivity contribution >= 4 is 57.9 Å². The maximum absolute atomic E-state index is 12.2. The van der Waals surface area contributed by atoms with Gasteiger partial charge < -0.3 is 24.8 Å². The zero-order valence-corrected chi connectivity index (χ0v) is 19.5. The quantitative estimate of drug-likeness (QED) is 0.430. The zero-order chi connectivity index (χ0) is 21.1. The van der Waals surface area contributed by atoms with Crippen molar-refractivity contribution in [2.75, 3.05) is 26.2 Å². The average molecular weight is 545 g/mol. The first-order chi connectivity index (χ1) is 13.0. The smallest absolute Gasteiger partial charge is 0.410 e. The number of benzene rings is 1. The second kappa shape index (κ2) is 9.80. The zero-order valence-electron chi connectivity index (χ0n) is 15.9. The van der Waals surface area contributed by atoms with Gasteiger partial charge in [0.25, 0.3) is 0 Å². The van der Waals surface area contributed by atoms with Gasteiger partial charge in [-0.1, -0.05) is 23.2 Å². The molecule has 1 aliphatic heterocycles. The molecule has 1 atom stereocenters. The van der Waals surface area contributed by atoms with Crippen LogP contribution in [-0.4, -0.2) is 60.0 Å². The van der Waals surface area contributed by atoms with Gasteiger partial charge in [-0.15, -0.1) is 0 Å². The summed E-state index contributed by atoms with van der Waals surface area (Å²) in [5.41, 5.74) is -0.158. The number of carbonyl (C=O) groups excluding carboxylic acids is 1. The maximum Gasteiger partial charge on any atom is 0.410 e. The molecule has 156 valence electrons. The van der Waals surface area contributed by atoms with Crippen LogP contribution in [0.5, 0.6) is 0 Å². The van der Waals surface area contributed by atoms with Gasteiger partial charge in [0.2, 0.25) is 0 Å². The van der Waals surface area contributed by atoms with E-state index >= 15 is 0 Å². The van der Waals surface area contributed by atoms with Crippen molar-refractivity contribution in [1.82, 2.24) is 10.2 Å². The van der Waals surface area contributed by atoms with E-state index in [1.165, 1.54) is 6.07 Å². The lowest BCUT2D eigenvalue weighted by atomic mass is 10.1. The second-order valence-corrected chi connectivity index (χ2v) is 9.27. The molecule has 7 nitrogen and oxygen atoms in total. The van der Waals surface area contributed by atoms with Crippen molar-refractivity contribution < 1.29 is 24.2 Å². The van der Waals surface area contributed by atoms with Crippen LogP contribution in [0.3, 0.4) is 0 Å². The molecule has 0 saturated carbocycles. The molecule has 0 aromatic heterocycles. The monoisotopic (exact) mass is 544 g/mol. The lowest BCUT2D eigenvalue weighted by Crippen LogP contribution is -2.55. The fourth-order valence-corrected chi connectivity index (χ4v) is 3.69. The summed E-state index contributed by atoms with van der Waals surface area (Å²) in [6, 6.07) is 1.28. The van der Waals surface area contributed by atoms with E-state index in [1.54, 1.807) is 4.90 Å². The number of aromatic carboxylic acids is 1. The SMILES string of the molecule is CC(C)(C)OC(=O)N1CCN[C@H](COCc2c(C(=O)O)cc(Cl)c(I)c2Cl)C1. The van der Waals surface area contributed by atoms with E-state index in [0.29, 0.717) is 28.8 Å². The van der Waals surface area contributed by atoms with Crippen LogP contribution in [-0.2, 0) is 16.1 Å². The van der Waals surface area contributed by atoms with E-state index < -0.39 is 11.6 Å². The Kier molecular flexibility index (Phi) is 8.21. The summed E-state index contributed by atoms with van der Waals surface area (Å²) in [4.78, 5) is 25.4. The largest absolute Gasteiger partial charge is 0.478 e. The Hall–Kier alpha value is -0.810. The van der Waals surface area contributed by atoms with Crippen LogP contribution >= 0.6 is 45.8 Å². The van der Waals surface area contributed by atoms with Crippen molar-refractivity contribution in [2.24, 2.45) is 0 Å². The first-order valence-electron chi connectivity index (χ1n) is 8.68. The predicted molar refractivity (Wildman–Crippen MR) is 115 cm³/mol. The van der Waals surface area contributed by atoms with Gasteiger partial charge in [-0.05, 0) is 49.4 Å². The third kappa shape index (κ3) is 6.35. The topological polar surface area (TPSA) is 88.1 Å². The molecule has 28 heavy (non-hydrogen) atoms. The highest BCUT2D eigenvalue weighted by Crippen LogP contribution is 2.33. The highest BCUT2D eigenvalue weighted by molar-refractivity contribution is 14.1. The van der Waals surface area contributed by atoms with E-state index in [1.807, 2.05) is 43.4 Å². The van der Waals surface area contributed by atoms with Crippen LogP contribution < -0.4 is 5.32 Å². The molecule has 0 aliphatic carbocycles. The number of nitrogens with zero attached hydrogens (tertiary/aromatic N) is 1. The summed E-state index contributed by atoms with van der Waals surface area (Å²) in [6.45, 7) is 7.39. The number of carboxylic acid groups (broad SMARTS) is 1. The molecule has 10 heteroatoms. The Morgan fingerprint density at radius 3 is 2.68 bits per heavy atom. The molecule has 2 rings (SSSR count). The number of rotatable bonds is 5. The molecule has 0 radical (unpaired) electrons. The minimum absolute atomic E-state index is 0.0161. The first kappa shape index (κ1) is 23.5. The van der Waals surface area contributed by atoms with Crippen LogP contribution in [0.1, 0.15) is 36.7 Å². The van der Waals surface area contributed by atoms with Crippen molar-refractivity contribution in [2.45, 2.75) is 39.0 Å². The van der Waals surface area contributed by atoms with Crippen molar-refractivity contribution in [3.05, 3.63) is 30.8 Å². The maximum atomic E-state index is 12.2. The van der Waals surface area contributed by atoms with Gasteiger partial charge in [0.1, 0.15) is 5.60 Å². The van der Waals surface area contributed by atoms with Gasteiger partial charge in [-0.2, -0.15) is 0 Å². The van der Waals surface area contributed by atoms with Crippen LogP contribution in [0.15, 0.2) is 6.07 Å². The van der Waals surface area contributed by atoms with Gasteiger partial charge in [0, 0.05) is 31.2 Å². The highest BCUT2D eigenvalue weighted by atomic mass is 127. The number of carbonyl (C=O) groups is 2. The Morgan fingerprint density at radius 1 is 1.39 bits per heavy atom. The number of amides is 1. The number of ether oxygens (including phenoxy) is 2. The minimum atomic E-state index is -1.12. The Bertz CT molecular complexity index is 754. The molecule has 1 heterocycles. The summed E-state index contributed by atoms with van der Waals surface area (Å²) in [6.07, 6.45) is -0.359. The molecule has 1 saturated heterocycles. The van der Waals surface area contributed by atoms with E-state index in [4.69, 9.17) is 32.7 Å². The van der Waals surface area contributed by atoms with Crippen molar-refractivity contribution in [1.29, 1.82) is 0 Å². The van der Waals surface area contributed by atoms with Gasteiger partial charge >= 0.3 is 12.1 Å². The van der Waals surface area contributed by atoms with Gasteiger partial charge in [0.15, 0.2) is 0 Å². The number of carboxylic acids is 1. The Labute approximate surface area is 187 Å². The standard InChI is InChI=1S/C18H23Cl2IN2O5/c1-18(2,3)28-17(26)23-5-4-22-10(7-23)8-27-9-12-11(16(24)25)6-13(19)15(21)14(12)20/h6,10,22H,4-5,7-9H2,1-3H3,(H,24,25)/t10-/m0/s1. The third-order valence-electron chi connectivity index (χ3n) is 3.97. The fraction of sp³-hybridized carbons (Fsp3) is 0.556. The molecule has 2 N–H and O–H groups in total. The van der Waals surface area contributed by atoms with E-state index in [9.17, 15) is 14.7 Å². The predicted octanol–water partition coefficient (Wildman–Crippen LogP) is 4.02. The number of hydrogen-bond acceptors (Lipinski definition) is 5. The Morgan fingerprint density at radius 2 is 2.07 bits per heavy atom. The van der Waals surface area contributed by atoms with Gasteiger partial charge in [-0.3, -0.25) is 0 Å². The van der Waals surface area contributed by atoms with E-state index in [-0.39, 0.29) is 41.0 Å². The minimum Gasteiger partial charge on any atom is -0.478 e. The molecule has 1 aliphatic rings. The van der Waals surface area contributed by atoms with Crippen LogP contribution in [0, 0.1) is 3.57 Å². The summed E-state index contributed by atoms with van der Waals surface area (Å²) < 4.78 is 11.7. The normalized spacial score (nSPS) is 17.5. The average Bonchev–Trinajstić information content (AvgIpc) is 2.60. The lowest BCUT2D eigenvalue weighted by Gasteiger charge is -2.34. The molecule has 1 aromatic rings.